The third kappa shape index (κ3) is 1.91. The Bertz CT molecular complexity index is 476. The molecule has 3 aliphatic rings. The first-order valence-electron chi connectivity index (χ1n) is 8.11. The third-order valence-electron chi connectivity index (χ3n) is 7.08. The molecule has 0 aromatic heterocycles. The van der Waals surface area contributed by atoms with Gasteiger partial charge >= 0.3 is 0 Å². The molecule has 2 nitrogen and oxygen atoms in total. The molecule has 0 heterocycles. The summed E-state index contributed by atoms with van der Waals surface area (Å²) in [6.45, 7) is 8.88. The SMILES string of the molecule is CC1=CC(=O)C[C@@H]2[C@@]3(C)CC[C@](C)(O)C[C@@H]3CC[C@@]12C. The standard InChI is InChI=1S/C18H28O2/c1-12-9-14(19)10-15-17(12,3)6-5-13-11-16(2,20)7-8-18(13,15)4/h9,13,15,20H,5-8,10-11H2,1-4H3/t13-,15-,16-,17-,18-/m0/s1. The second-order valence-corrected chi connectivity index (χ2v) is 8.41. The van der Waals surface area contributed by atoms with Crippen LogP contribution in [0.3, 0.4) is 0 Å². The lowest BCUT2D eigenvalue weighted by atomic mass is 9.44. The van der Waals surface area contributed by atoms with Gasteiger partial charge in [0.05, 0.1) is 5.60 Å². The van der Waals surface area contributed by atoms with Gasteiger partial charge in [-0.05, 0) is 74.7 Å². The van der Waals surface area contributed by atoms with E-state index in [1.165, 1.54) is 18.4 Å². The highest BCUT2D eigenvalue weighted by molar-refractivity contribution is 5.92. The smallest absolute Gasteiger partial charge is 0.155 e. The van der Waals surface area contributed by atoms with Crippen LogP contribution in [0, 0.1) is 22.7 Å². The highest BCUT2D eigenvalue weighted by Crippen LogP contribution is 2.64. The summed E-state index contributed by atoms with van der Waals surface area (Å²) in [5.41, 5.74) is 1.21. The molecule has 0 aromatic carbocycles. The Morgan fingerprint density at radius 3 is 2.60 bits per heavy atom. The molecule has 0 saturated heterocycles. The lowest BCUT2D eigenvalue weighted by Gasteiger charge is -2.61. The number of carbonyl (C=O) groups is 1. The molecule has 3 rings (SSSR count). The Labute approximate surface area is 122 Å². The molecule has 2 saturated carbocycles. The van der Waals surface area contributed by atoms with Crippen molar-refractivity contribution in [1.82, 2.24) is 0 Å². The second-order valence-electron chi connectivity index (χ2n) is 8.41. The van der Waals surface area contributed by atoms with Crippen molar-refractivity contribution < 1.29 is 9.90 Å². The molecule has 0 bridgehead atoms. The minimum atomic E-state index is -0.499. The zero-order chi connectivity index (χ0) is 14.8. The van der Waals surface area contributed by atoms with E-state index in [4.69, 9.17) is 0 Å². The van der Waals surface area contributed by atoms with Gasteiger partial charge in [0.1, 0.15) is 0 Å². The summed E-state index contributed by atoms with van der Waals surface area (Å²) in [5.74, 6) is 1.34. The normalized spacial score (nSPS) is 52.0. The number of aliphatic hydroxyl groups is 1. The molecule has 0 radical (unpaired) electrons. The molecule has 5 atom stereocenters. The van der Waals surface area contributed by atoms with Crippen LogP contribution in [0.25, 0.3) is 0 Å². The minimum absolute atomic E-state index is 0.197. The number of fused-ring (bicyclic) bond motifs is 3. The Kier molecular flexibility index (Phi) is 3.00. The van der Waals surface area contributed by atoms with Gasteiger partial charge in [0.15, 0.2) is 5.78 Å². The van der Waals surface area contributed by atoms with Crippen molar-refractivity contribution >= 4 is 5.78 Å². The van der Waals surface area contributed by atoms with Gasteiger partial charge in [-0.1, -0.05) is 19.4 Å². The lowest BCUT2D eigenvalue weighted by Crippen LogP contribution is -2.55. The van der Waals surface area contributed by atoms with Crippen molar-refractivity contribution in [2.45, 2.75) is 71.8 Å². The topological polar surface area (TPSA) is 37.3 Å². The second kappa shape index (κ2) is 4.19. The molecule has 2 fully saturated rings. The fraction of sp³-hybridized carbons (Fsp3) is 0.833. The van der Waals surface area contributed by atoms with Crippen LogP contribution in [0.5, 0.6) is 0 Å². The van der Waals surface area contributed by atoms with E-state index < -0.39 is 5.60 Å². The quantitative estimate of drug-likeness (QED) is 0.729. The summed E-state index contributed by atoms with van der Waals surface area (Å²) in [6.07, 6.45) is 7.81. The van der Waals surface area contributed by atoms with E-state index in [2.05, 4.69) is 20.8 Å². The van der Waals surface area contributed by atoms with E-state index in [0.29, 0.717) is 24.0 Å². The van der Waals surface area contributed by atoms with Crippen molar-refractivity contribution in [3.8, 4) is 0 Å². The molecule has 0 spiro atoms. The van der Waals surface area contributed by atoms with Crippen molar-refractivity contribution in [3.05, 3.63) is 11.6 Å². The highest BCUT2D eigenvalue weighted by Gasteiger charge is 2.58. The molecule has 1 N–H and O–H groups in total. The summed E-state index contributed by atoms with van der Waals surface area (Å²) in [6, 6.07) is 0. The van der Waals surface area contributed by atoms with Crippen LogP contribution >= 0.6 is 0 Å². The zero-order valence-corrected chi connectivity index (χ0v) is 13.3. The lowest BCUT2D eigenvalue weighted by molar-refractivity contribution is -0.140. The number of hydrogen-bond donors (Lipinski definition) is 1. The summed E-state index contributed by atoms with van der Waals surface area (Å²) in [5, 5.41) is 10.4. The van der Waals surface area contributed by atoms with Gasteiger partial charge in [0.25, 0.3) is 0 Å². The summed E-state index contributed by atoms with van der Waals surface area (Å²) in [7, 11) is 0. The zero-order valence-electron chi connectivity index (χ0n) is 13.3. The fourth-order valence-corrected chi connectivity index (χ4v) is 5.47. The van der Waals surface area contributed by atoms with Crippen LogP contribution in [0.15, 0.2) is 11.6 Å². The monoisotopic (exact) mass is 276 g/mol. The molecule has 0 unspecified atom stereocenters. The maximum atomic E-state index is 12.1. The molecule has 3 aliphatic carbocycles. The van der Waals surface area contributed by atoms with Gasteiger partial charge in [-0.3, -0.25) is 4.79 Å². The van der Waals surface area contributed by atoms with Gasteiger partial charge in [-0.25, -0.2) is 0 Å². The third-order valence-corrected chi connectivity index (χ3v) is 7.08. The predicted octanol–water partition coefficient (Wildman–Crippen LogP) is 3.88. The Hall–Kier alpha value is -0.630. The average Bonchev–Trinajstić information content (AvgIpc) is 2.34. The first kappa shape index (κ1) is 14.3. The largest absolute Gasteiger partial charge is 0.390 e. The van der Waals surface area contributed by atoms with Crippen LogP contribution in [-0.2, 0) is 4.79 Å². The van der Waals surface area contributed by atoms with Crippen LogP contribution in [0.1, 0.15) is 66.2 Å². The maximum absolute atomic E-state index is 12.1. The number of ketones is 1. The average molecular weight is 276 g/mol. The molecule has 0 amide bonds. The number of rotatable bonds is 0. The molecular formula is C18H28O2. The molecular weight excluding hydrogens is 248 g/mol. The van der Waals surface area contributed by atoms with E-state index >= 15 is 0 Å². The van der Waals surface area contributed by atoms with Crippen LogP contribution in [0.2, 0.25) is 0 Å². The van der Waals surface area contributed by atoms with Gasteiger partial charge in [-0.2, -0.15) is 0 Å². The van der Waals surface area contributed by atoms with E-state index in [1.54, 1.807) is 0 Å². The van der Waals surface area contributed by atoms with Gasteiger partial charge in [-0.15, -0.1) is 0 Å². The fourth-order valence-electron chi connectivity index (χ4n) is 5.47. The highest BCUT2D eigenvalue weighted by atomic mass is 16.3. The summed E-state index contributed by atoms with van der Waals surface area (Å²) in [4.78, 5) is 12.1. The molecule has 0 aromatic rings. The maximum Gasteiger partial charge on any atom is 0.155 e. The van der Waals surface area contributed by atoms with E-state index in [1.807, 2.05) is 13.0 Å². The first-order valence-corrected chi connectivity index (χ1v) is 8.11. The Balaban J connectivity index is 1.99. The van der Waals surface area contributed by atoms with Crippen molar-refractivity contribution in [2.24, 2.45) is 22.7 Å². The van der Waals surface area contributed by atoms with E-state index in [-0.39, 0.29) is 10.8 Å². The number of carbonyl (C=O) groups excluding carboxylic acids is 1. The number of allylic oxidation sites excluding steroid dienone is 2. The van der Waals surface area contributed by atoms with Crippen molar-refractivity contribution in [2.75, 3.05) is 0 Å². The Morgan fingerprint density at radius 2 is 1.90 bits per heavy atom. The Morgan fingerprint density at radius 1 is 1.20 bits per heavy atom. The van der Waals surface area contributed by atoms with Gasteiger partial charge in [0.2, 0.25) is 0 Å². The molecule has 2 heteroatoms. The van der Waals surface area contributed by atoms with Crippen LogP contribution < -0.4 is 0 Å². The van der Waals surface area contributed by atoms with E-state index in [9.17, 15) is 9.90 Å². The molecule has 20 heavy (non-hydrogen) atoms. The van der Waals surface area contributed by atoms with Crippen molar-refractivity contribution in [3.63, 3.8) is 0 Å². The summed E-state index contributed by atoms with van der Waals surface area (Å²) >= 11 is 0. The molecule has 112 valence electrons. The van der Waals surface area contributed by atoms with Crippen LogP contribution in [-0.4, -0.2) is 16.5 Å². The van der Waals surface area contributed by atoms with Crippen LogP contribution in [0.4, 0.5) is 0 Å². The van der Waals surface area contributed by atoms with Gasteiger partial charge < -0.3 is 5.11 Å². The summed E-state index contributed by atoms with van der Waals surface area (Å²) < 4.78 is 0. The van der Waals surface area contributed by atoms with E-state index in [0.717, 1.165) is 19.3 Å². The predicted molar refractivity (Wildman–Crippen MR) is 80.3 cm³/mol. The van der Waals surface area contributed by atoms with Crippen molar-refractivity contribution in [1.29, 1.82) is 0 Å². The molecule has 0 aliphatic heterocycles. The van der Waals surface area contributed by atoms with Gasteiger partial charge in [0, 0.05) is 6.42 Å². The number of hydrogen-bond acceptors (Lipinski definition) is 2. The first-order chi connectivity index (χ1) is 9.17. The minimum Gasteiger partial charge on any atom is -0.390 e.